The van der Waals surface area contributed by atoms with Gasteiger partial charge in [-0.05, 0) is 25.9 Å². The maximum Gasteiger partial charge on any atom is 0.265 e. The van der Waals surface area contributed by atoms with Crippen molar-refractivity contribution in [1.29, 1.82) is 0 Å². The van der Waals surface area contributed by atoms with E-state index in [1.54, 1.807) is 0 Å². The summed E-state index contributed by atoms with van der Waals surface area (Å²) >= 11 is 0. The molecule has 4 heteroatoms. The van der Waals surface area contributed by atoms with E-state index in [-0.39, 0.29) is 6.54 Å². The van der Waals surface area contributed by atoms with Crippen LogP contribution in [0.25, 0.3) is 0 Å². The van der Waals surface area contributed by atoms with Gasteiger partial charge in [0.2, 0.25) is 0 Å². The minimum absolute atomic E-state index is 0.0827. The lowest BCUT2D eigenvalue weighted by Crippen LogP contribution is -2.37. The van der Waals surface area contributed by atoms with Gasteiger partial charge >= 0.3 is 0 Å². The molecule has 0 aliphatic rings. The van der Waals surface area contributed by atoms with Crippen molar-refractivity contribution in [3.05, 3.63) is 0 Å². The highest BCUT2D eigenvalue weighted by Crippen LogP contribution is 2.04. The Kier molecular flexibility index (Phi) is 7.09. The third-order valence-corrected chi connectivity index (χ3v) is 1.82. The molecule has 0 rings (SSSR count). The normalized spacial score (nSPS) is 14.1. The number of aliphatic hydroxyl groups excluding tert-OH is 1. The third kappa shape index (κ3) is 5.93. The van der Waals surface area contributed by atoms with Crippen molar-refractivity contribution in [3.63, 3.8) is 0 Å². The maximum absolute atomic E-state index is 12.0. The first-order valence-corrected chi connectivity index (χ1v) is 4.80. The minimum atomic E-state index is -2.63. The second-order valence-corrected chi connectivity index (χ2v) is 3.20. The molecular formula is C9H19F2NO. The van der Waals surface area contributed by atoms with E-state index < -0.39 is 12.5 Å². The Bertz CT molecular complexity index is 116. The topological polar surface area (TPSA) is 23.5 Å². The Morgan fingerprint density at radius 2 is 1.62 bits per heavy atom. The van der Waals surface area contributed by atoms with Crippen LogP contribution in [0.3, 0.4) is 0 Å². The molecule has 0 aliphatic heterocycles. The van der Waals surface area contributed by atoms with Gasteiger partial charge in [0.25, 0.3) is 6.43 Å². The van der Waals surface area contributed by atoms with Gasteiger partial charge in [-0.15, -0.1) is 0 Å². The quantitative estimate of drug-likeness (QED) is 0.668. The highest BCUT2D eigenvalue weighted by molar-refractivity contribution is 4.65. The van der Waals surface area contributed by atoms with Gasteiger partial charge in [0.1, 0.15) is 6.10 Å². The average molecular weight is 195 g/mol. The van der Waals surface area contributed by atoms with Gasteiger partial charge in [-0.25, -0.2) is 8.78 Å². The molecule has 1 N–H and O–H groups in total. The van der Waals surface area contributed by atoms with Crippen LogP contribution in [0.5, 0.6) is 0 Å². The lowest BCUT2D eigenvalue weighted by atomic mass is 10.3. The van der Waals surface area contributed by atoms with Crippen molar-refractivity contribution in [3.8, 4) is 0 Å². The Balaban J connectivity index is 3.78. The SMILES string of the molecule is CCCN(CCC)CC(O)C(F)F. The van der Waals surface area contributed by atoms with Crippen molar-refractivity contribution in [2.24, 2.45) is 0 Å². The van der Waals surface area contributed by atoms with Crippen molar-refractivity contribution in [2.45, 2.75) is 39.2 Å². The predicted molar refractivity (Wildman–Crippen MR) is 49.0 cm³/mol. The highest BCUT2D eigenvalue weighted by Gasteiger charge is 2.19. The van der Waals surface area contributed by atoms with Crippen LogP contribution in [0, 0.1) is 0 Å². The van der Waals surface area contributed by atoms with E-state index in [1.807, 2.05) is 18.7 Å². The summed E-state index contributed by atoms with van der Waals surface area (Å²) in [5.74, 6) is 0. The Morgan fingerprint density at radius 3 is 1.92 bits per heavy atom. The molecule has 2 nitrogen and oxygen atoms in total. The fourth-order valence-corrected chi connectivity index (χ4v) is 1.27. The number of nitrogens with zero attached hydrogens (tertiary/aromatic N) is 1. The molecule has 0 aromatic carbocycles. The molecule has 0 spiro atoms. The molecule has 80 valence electrons. The molecule has 0 saturated carbocycles. The number of hydrogen-bond donors (Lipinski definition) is 1. The molecule has 0 heterocycles. The summed E-state index contributed by atoms with van der Waals surface area (Å²) in [6.45, 7) is 5.63. The molecule has 0 fully saturated rings. The Labute approximate surface area is 78.5 Å². The van der Waals surface area contributed by atoms with Crippen molar-refractivity contribution in [2.75, 3.05) is 19.6 Å². The highest BCUT2D eigenvalue weighted by atomic mass is 19.3. The van der Waals surface area contributed by atoms with Crippen LogP contribution in [-0.2, 0) is 0 Å². The van der Waals surface area contributed by atoms with Crippen LogP contribution in [0.2, 0.25) is 0 Å². The lowest BCUT2D eigenvalue weighted by molar-refractivity contribution is -0.0232. The number of rotatable bonds is 7. The zero-order valence-corrected chi connectivity index (χ0v) is 8.34. The van der Waals surface area contributed by atoms with Gasteiger partial charge in [-0.1, -0.05) is 13.8 Å². The molecule has 13 heavy (non-hydrogen) atoms. The lowest BCUT2D eigenvalue weighted by Gasteiger charge is -2.23. The van der Waals surface area contributed by atoms with Crippen LogP contribution >= 0.6 is 0 Å². The fourth-order valence-electron chi connectivity index (χ4n) is 1.27. The van der Waals surface area contributed by atoms with E-state index in [0.29, 0.717) is 0 Å². The molecule has 0 saturated heterocycles. The first-order chi connectivity index (χ1) is 6.11. The second-order valence-electron chi connectivity index (χ2n) is 3.20. The van der Waals surface area contributed by atoms with Gasteiger partial charge in [0.05, 0.1) is 0 Å². The first kappa shape index (κ1) is 12.8. The van der Waals surface area contributed by atoms with Crippen LogP contribution in [-0.4, -0.2) is 42.2 Å². The smallest absolute Gasteiger partial charge is 0.265 e. The summed E-state index contributed by atoms with van der Waals surface area (Å²) in [5, 5.41) is 8.96. The molecule has 0 amide bonds. The van der Waals surface area contributed by atoms with Crippen LogP contribution < -0.4 is 0 Å². The minimum Gasteiger partial charge on any atom is -0.386 e. The van der Waals surface area contributed by atoms with Gasteiger partial charge in [-0.3, -0.25) is 0 Å². The number of halogens is 2. The molecule has 0 radical (unpaired) electrons. The summed E-state index contributed by atoms with van der Waals surface area (Å²) in [7, 11) is 0. The zero-order valence-electron chi connectivity index (χ0n) is 8.34. The van der Waals surface area contributed by atoms with Crippen molar-refractivity contribution < 1.29 is 13.9 Å². The van der Waals surface area contributed by atoms with Gasteiger partial charge in [-0.2, -0.15) is 0 Å². The van der Waals surface area contributed by atoms with Gasteiger partial charge < -0.3 is 10.0 Å². The van der Waals surface area contributed by atoms with Gasteiger partial charge in [0, 0.05) is 6.54 Å². The molecule has 1 atom stereocenters. The van der Waals surface area contributed by atoms with E-state index in [4.69, 9.17) is 5.11 Å². The first-order valence-electron chi connectivity index (χ1n) is 4.80. The molecular weight excluding hydrogens is 176 g/mol. The van der Waals surface area contributed by atoms with Crippen LogP contribution in [0.1, 0.15) is 26.7 Å². The summed E-state index contributed by atoms with van der Waals surface area (Å²) in [6, 6.07) is 0. The monoisotopic (exact) mass is 195 g/mol. The van der Waals surface area contributed by atoms with Crippen LogP contribution in [0.4, 0.5) is 8.78 Å². The average Bonchev–Trinajstić information content (AvgIpc) is 2.05. The van der Waals surface area contributed by atoms with Crippen molar-refractivity contribution >= 4 is 0 Å². The molecule has 0 aliphatic carbocycles. The largest absolute Gasteiger partial charge is 0.386 e. The predicted octanol–water partition coefficient (Wildman–Crippen LogP) is 1.73. The zero-order chi connectivity index (χ0) is 10.3. The summed E-state index contributed by atoms with van der Waals surface area (Å²) in [4.78, 5) is 1.87. The number of alkyl halides is 2. The second kappa shape index (κ2) is 7.21. The van der Waals surface area contributed by atoms with E-state index in [0.717, 1.165) is 25.9 Å². The number of aliphatic hydroxyl groups is 1. The third-order valence-electron chi connectivity index (χ3n) is 1.82. The van der Waals surface area contributed by atoms with E-state index >= 15 is 0 Å². The maximum atomic E-state index is 12.0. The van der Waals surface area contributed by atoms with Crippen LogP contribution in [0.15, 0.2) is 0 Å². The number of hydrogen-bond acceptors (Lipinski definition) is 2. The van der Waals surface area contributed by atoms with E-state index in [2.05, 4.69) is 0 Å². The Hall–Kier alpha value is -0.220. The van der Waals surface area contributed by atoms with E-state index in [1.165, 1.54) is 0 Å². The summed E-state index contributed by atoms with van der Waals surface area (Å²) in [5.41, 5.74) is 0. The molecule has 0 aromatic heterocycles. The molecule has 0 bridgehead atoms. The van der Waals surface area contributed by atoms with E-state index in [9.17, 15) is 8.78 Å². The summed E-state index contributed by atoms with van der Waals surface area (Å²) < 4.78 is 24.0. The molecule has 1 unspecified atom stereocenters. The van der Waals surface area contributed by atoms with Crippen molar-refractivity contribution in [1.82, 2.24) is 4.90 Å². The fraction of sp³-hybridized carbons (Fsp3) is 1.00. The standard InChI is InChI=1S/C9H19F2NO/c1-3-5-12(6-4-2)7-8(13)9(10)11/h8-9,13H,3-7H2,1-2H3. The Morgan fingerprint density at radius 1 is 1.15 bits per heavy atom. The summed E-state index contributed by atoms with van der Waals surface area (Å²) in [6.07, 6.45) is -2.28. The van der Waals surface area contributed by atoms with Gasteiger partial charge in [0.15, 0.2) is 0 Å². The molecule has 0 aromatic rings.